The zero-order valence-electron chi connectivity index (χ0n) is 13.3. The van der Waals surface area contributed by atoms with Gasteiger partial charge in [-0.1, -0.05) is 30.3 Å². The number of likely N-dealkylation sites (tertiary alicyclic amines) is 1. The van der Waals surface area contributed by atoms with Crippen LogP contribution in [0, 0.1) is 0 Å². The minimum Gasteiger partial charge on any atom is -0.484 e. The summed E-state index contributed by atoms with van der Waals surface area (Å²) >= 11 is 0. The fraction of sp³-hybridized carbons (Fsp3) is 0.333. The van der Waals surface area contributed by atoms with Crippen LogP contribution in [0.15, 0.2) is 42.5 Å². The lowest BCUT2D eigenvalue weighted by atomic mass is 10.1. The van der Waals surface area contributed by atoms with E-state index in [0.29, 0.717) is 12.2 Å². The summed E-state index contributed by atoms with van der Waals surface area (Å²) in [6.45, 7) is 0.0753. The molecule has 2 atom stereocenters. The van der Waals surface area contributed by atoms with Crippen LogP contribution in [-0.2, 0) is 14.3 Å². The van der Waals surface area contributed by atoms with E-state index in [2.05, 4.69) is 0 Å². The van der Waals surface area contributed by atoms with E-state index < -0.39 is 12.0 Å². The molecule has 24 heavy (non-hydrogen) atoms. The number of methoxy groups -OCH3 is 1. The molecule has 1 aliphatic heterocycles. The third kappa shape index (κ3) is 3.33. The van der Waals surface area contributed by atoms with Crippen LogP contribution in [0.1, 0.15) is 6.42 Å². The Labute approximate surface area is 139 Å². The Kier molecular flexibility index (Phi) is 4.66. The van der Waals surface area contributed by atoms with Gasteiger partial charge in [0.25, 0.3) is 5.91 Å². The van der Waals surface area contributed by atoms with Gasteiger partial charge in [-0.3, -0.25) is 4.79 Å². The van der Waals surface area contributed by atoms with E-state index in [1.54, 1.807) is 6.07 Å². The summed E-state index contributed by atoms with van der Waals surface area (Å²) in [5.41, 5.74) is 0. The summed E-state index contributed by atoms with van der Waals surface area (Å²) in [7, 11) is 1.52. The number of hydrogen-bond acceptors (Lipinski definition) is 4. The van der Waals surface area contributed by atoms with Gasteiger partial charge in [0.2, 0.25) is 0 Å². The average Bonchev–Trinajstić information content (AvgIpc) is 3.04. The number of rotatable bonds is 5. The quantitative estimate of drug-likeness (QED) is 0.907. The van der Waals surface area contributed by atoms with Gasteiger partial charge in [0, 0.05) is 20.1 Å². The maximum atomic E-state index is 12.3. The number of carbonyl (C=O) groups is 2. The molecule has 1 heterocycles. The van der Waals surface area contributed by atoms with Crippen molar-refractivity contribution in [3.05, 3.63) is 42.5 Å². The molecular weight excluding hydrogens is 310 g/mol. The van der Waals surface area contributed by atoms with Gasteiger partial charge < -0.3 is 19.5 Å². The molecule has 2 unspecified atom stereocenters. The molecule has 1 amide bonds. The first-order valence-electron chi connectivity index (χ1n) is 7.75. The summed E-state index contributed by atoms with van der Waals surface area (Å²) in [6.07, 6.45) is 0.0452. The first-order chi connectivity index (χ1) is 11.6. The van der Waals surface area contributed by atoms with Crippen molar-refractivity contribution in [2.75, 3.05) is 20.3 Å². The first-order valence-corrected chi connectivity index (χ1v) is 7.75. The fourth-order valence-electron chi connectivity index (χ4n) is 2.96. The topological polar surface area (TPSA) is 76.1 Å². The van der Waals surface area contributed by atoms with Crippen LogP contribution in [0.2, 0.25) is 0 Å². The molecule has 1 aliphatic rings. The zero-order chi connectivity index (χ0) is 17.1. The van der Waals surface area contributed by atoms with Crippen molar-refractivity contribution in [3.8, 4) is 5.75 Å². The number of hydrogen-bond donors (Lipinski definition) is 1. The first kappa shape index (κ1) is 16.3. The van der Waals surface area contributed by atoms with E-state index in [4.69, 9.17) is 9.47 Å². The van der Waals surface area contributed by atoms with Crippen LogP contribution >= 0.6 is 0 Å². The molecule has 0 bridgehead atoms. The van der Waals surface area contributed by atoms with Gasteiger partial charge in [-0.05, 0) is 22.9 Å². The Bertz CT molecular complexity index is 760. The SMILES string of the molecule is COC1CC(C(=O)O)N(C(=O)COc2ccc3ccccc3c2)C1. The van der Waals surface area contributed by atoms with Gasteiger partial charge in [0.15, 0.2) is 6.61 Å². The molecule has 0 radical (unpaired) electrons. The van der Waals surface area contributed by atoms with Crippen LogP contribution in [0.5, 0.6) is 5.75 Å². The Morgan fingerprint density at radius 3 is 2.67 bits per heavy atom. The van der Waals surface area contributed by atoms with Crippen LogP contribution in [0.3, 0.4) is 0 Å². The van der Waals surface area contributed by atoms with Crippen LogP contribution in [0.25, 0.3) is 10.8 Å². The number of carboxylic acids is 1. The number of fused-ring (bicyclic) bond motifs is 1. The second kappa shape index (κ2) is 6.88. The second-order valence-corrected chi connectivity index (χ2v) is 5.79. The minimum absolute atomic E-state index is 0.196. The lowest BCUT2D eigenvalue weighted by Gasteiger charge is -2.21. The molecule has 0 aliphatic carbocycles. The maximum Gasteiger partial charge on any atom is 0.326 e. The molecule has 3 rings (SSSR count). The molecule has 1 saturated heterocycles. The highest BCUT2D eigenvalue weighted by molar-refractivity contribution is 5.86. The van der Waals surface area contributed by atoms with Gasteiger partial charge in [-0.25, -0.2) is 4.79 Å². The predicted molar refractivity (Wildman–Crippen MR) is 88.0 cm³/mol. The standard InChI is InChI=1S/C18H19NO5/c1-23-15-9-16(18(21)22)19(10-15)17(20)11-24-14-7-6-12-4-2-3-5-13(12)8-14/h2-8,15-16H,9-11H2,1H3,(H,21,22). The molecule has 1 N–H and O–H groups in total. The highest BCUT2D eigenvalue weighted by Gasteiger charge is 2.39. The zero-order valence-corrected chi connectivity index (χ0v) is 13.3. The number of amides is 1. The lowest BCUT2D eigenvalue weighted by Crippen LogP contribution is -2.43. The van der Waals surface area contributed by atoms with E-state index in [1.165, 1.54) is 12.0 Å². The third-order valence-corrected chi connectivity index (χ3v) is 4.28. The molecule has 2 aromatic rings. The van der Waals surface area contributed by atoms with E-state index in [-0.39, 0.29) is 25.2 Å². The van der Waals surface area contributed by atoms with E-state index >= 15 is 0 Å². The average molecular weight is 329 g/mol. The van der Waals surface area contributed by atoms with Gasteiger partial charge in [-0.2, -0.15) is 0 Å². The Hall–Kier alpha value is -2.60. The summed E-state index contributed by atoms with van der Waals surface area (Å²) < 4.78 is 10.7. The van der Waals surface area contributed by atoms with Crippen molar-refractivity contribution in [1.82, 2.24) is 4.90 Å². The van der Waals surface area contributed by atoms with Crippen molar-refractivity contribution < 1.29 is 24.2 Å². The molecular formula is C18H19NO5. The van der Waals surface area contributed by atoms with Crippen molar-refractivity contribution in [3.63, 3.8) is 0 Å². The molecule has 126 valence electrons. The van der Waals surface area contributed by atoms with Crippen LogP contribution < -0.4 is 4.74 Å². The van der Waals surface area contributed by atoms with Gasteiger partial charge in [-0.15, -0.1) is 0 Å². The number of ether oxygens (including phenoxy) is 2. The lowest BCUT2D eigenvalue weighted by molar-refractivity contribution is -0.148. The summed E-state index contributed by atoms with van der Waals surface area (Å²) in [6, 6.07) is 12.6. The Morgan fingerprint density at radius 1 is 1.21 bits per heavy atom. The van der Waals surface area contributed by atoms with E-state index in [1.807, 2.05) is 36.4 Å². The summed E-state index contributed by atoms with van der Waals surface area (Å²) in [5.74, 6) is -0.792. The number of benzene rings is 2. The van der Waals surface area contributed by atoms with E-state index in [0.717, 1.165) is 10.8 Å². The minimum atomic E-state index is -1.02. The third-order valence-electron chi connectivity index (χ3n) is 4.28. The molecule has 1 fully saturated rings. The summed E-state index contributed by atoms with van der Waals surface area (Å²) in [4.78, 5) is 25.0. The summed E-state index contributed by atoms with van der Waals surface area (Å²) in [5, 5.41) is 11.4. The van der Waals surface area contributed by atoms with E-state index in [9.17, 15) is 14.7 Å². The largest absolute Gasteiger partial charge is 0.484 e. The number of carbonyl (C=O) groups excluding carboxylic acids is 1. The molecule has 2 aromatic carbocycles. The monoisotopic (exact) mass is 329 g/mol. The van der Waals surface area contributed by atoms with Crippen molar-refractivity contribution in [1.29, 1.82) is 0 Å². The number of carboxylic acid groups (broad SMARTS) is 1. The Morgan fingerprint density at radius 2 is 1.96 bits per heavy atom. The van der Waals surface area contributed by atoms with Crippen LogP contribution in [-0.4, -0.2) is 54.3 Å². The second-order valence-electron chi connectivity index (χ2n) is 5.79. The molecule has 0 saturated carbocycles. The fourth-order valence-corrected chi connectivity index (χ4v) is 2.96. The number of nitrogens with zero attached hydrogens (tertiary/aromatic N) is 1. The Balaban J connectivity index is 1.66. The molecule has 6 nitrogen and oxygen atoms in total. The van der Waals surface area contributed by atoms with Crippen molar-refractivity contribution in [2.24, 2.45) is 0 Å². The van der Waals surface area contributed by atoms with Gasteiger partial charge in [0.05, 0.1) is 6.10 Å². The number of aliphatic carboxylic acids is 1. The highest BCUT2D eigenvalue weighted by atomic mass is 16.5. The van der Waals surface area contributed by atoms with Crippen molar-refractivity contribution >= 4 is 22.6 Å². The normalized spacial score (nSPS) is 20.3. The molecule has 0 aromatic heterocycles. The predicted octanol–water partition coefficient (Wildman–Crippen LogP) is 1.92. The van der Waals surface area contributed by atoms with Gasteiger partial charge in [0.1, 0.15) is 11.8 Å². The molecule has 0 spiro atoms. The van der Waals surface area contributed by atoms with Gasteiger partial charge >= 0.3 is 5.97 Å². The smallest absolute Gasteiger partial charge is 0.326 e. The van der Waals surface area contributed by atoms with Crippen LogP contribution in [0.4, 0.5) is 0 Å². The maximum absolute atomic E-state index is 12.3. The highest BCUT2D eigenvalue weighted by Crippen LogP contribution is 2.22. The van der Waals surface area contributed by atoms with Crippen molar-refractivity contribution in [2.45, 2.75) is 18.6 Å². The molecule has 6 heteroatoms.